The van der Waals surface area contributed by atoms with Crippen LogP contribution in [0.1, 0.15) is 28.4 Å². The molecule has 2 amide bonds. The Morgan fingerprint density at radius 3 is 2.54 bits per heavy atom. The summed E-state index contributed by atoms with van der Waals surface area (Å²) in [7, 11) is 0. The normalized spacial score (nSPS) is 12.4. The van der Waals surface area contributed by atoms with Crippen molar-refractivity contribution in [3.05, 3.63) is 58.1 Å². The van der Waals surface area contributed by atoms with Crippen LogP contribution in [0, 0.1) is 18.3 Å². The van der Waals surface area contributed by atoms with Gasteiger partial charge < -0.3 is 15.5 Å². The fourth-order valence-corrected chi connectivity index (χ4v) is 2.62. The van der Waals surface area contributed by atoms with Crippen LogP contribution < -0.4 is 16.2 Å². The van der Waals surface area contributed by atoms with Crippen LogP contribution in [0.5, 0.6) is 5.75 Å². The topological polar surface area (TPSA) is 134 Å². The van der Waals surface area contributed by atoms with Gasteiger partial charge in [0.05, 0.1) is 16.7 Å². The Kier molecular flexibility index (Phi) is 6.82. The number of carbonyl (C=O) groups excluding carboxylic acids is 2. The standard InChI is InChI=1S/C19H19ClN4O4/c1-10-15(7-6-13(9-21)16(10)20)22-17(11(2)25)19(28)24-23-18(27)12-4-3-5-14(26)8-12/h3-8,11,17,22,25-26H,1-2H3,(H,23,27)(H,24,28)/t11-,17+/m0/s1. The molecule has 8 nitrogen and oxygen atoms in total. The number of aromatic hydroxyl groups is 1. The van der Waals surface area contributed by atoms with Gasteiger partial charge in [-0.1, -0.05) is 17.7 Å². The number of nitrogens with zero attached hydrogens (tertiary/aromatic N) is 1. The number of hydrogen-bond acceptors (Lipinski definition) is 6. The number of amides is 2. The minimum atomic E-state index is -1.11. The van der Waals surface area contributed by atoms with E-state index in [0.29, 0.717) is 16.8 Å². The van der Waals surface area contributed by atoms with Crippen LogP contribution in [0.2, 0.25) is 5.02 Å². The van der Waals surface area contributed by atoms with Crippen molar-refractivity contribution in [3.63, 3.8) is 0 Å². The lowest BCUT2D eigenvalue weighted by Gasteiger charge is -2.23. The smallest absolute Gasteiger partial charge is 0.269 e. The highest BCUT2D eigenvalue weighted by Gasteiger charge is 2.25. The summed E-state index contributed by atoms with van der Waals surface area (Å²) in [6, 6.07) is 9.54. The molecular weight excluding hydrogens is 384 g/mol. The number of phenols is 1. The molecule has 5 N–H and O–H groups in total. The van der Waals surface area contributed by atoms with Crippen LogP contribution in [0.4, 0.5) is 5.69 Å². The molecule has 2 aromatic carbocycles. The van der Waals surface area contributed by atoms with E-state index in [9.17, 15) is 19.8 Å². The van der Waals surface area contributed by atoms with E-state index in [1.807, 2.05) is 6.07 Å². The van der Waals surface area contributed by atoms with Gasteiger partial charge in [0, 0.05) is 11.3 Å². The van der Waals surface area contributed by atoms with E-state index in [0.717, 1.165) is 0 Å². The predicted molar refractivity (Wildman–Crippen MR) is 104 cm³/mol. The molecule has 0 aromatic heterocycles. The second-order valence-corrected chi connectivity index (χ2v) is 6.45. The Labute approximate surface area is 166 Å². The van der Waals surface area contributed by atoms with E-state index >= 15 is 0 Å². The number of benzene rings is 2. The summed E-state index contributed by atoms with van der Waals surface area (Å²) >= 11 is 6.12. The van der Waals surface area contributed by atoms with Crippen LogP contribution >= 0.6 is 11.6 Å². The van der Waals surface area contributed by atoms with Crippen LogP contribution in [0.15, 0.2) is 36.4 Å². The average Bonchev–Trinajstić information content (AvgIpc) is 2.66. The summed E-state index contributed by atoms with van der Waals surface area (Å²) < 4.78 is 0. The minimum Gasteiger partial charge on any atom is -0.508 e. The molecule has 0 aliphatic heterocycles. The molecule has 28 heavy (non-hydrogen) atoms. The monoisotopic (exact) mass is 402 g/mol. The molecule has 0 fully saturated rings. The third-order valence-electron chi connectivity index (χ3n) is 3.99. The zero-order chi connectivity index (χ0) is 20.8. The van der Waals surface area contributed by atoms with Crippen LogP contribution in [0.25, 0.3) is 0 Å². The van der Waals surface area contributed by atoms with Crippen LogP contribution in [0.3, 0.4) is 0 Å². The molecule has 0 radical (unpaired) electrons. The van der Waals surface area contributed by atoms with Crippen molar-refractivity contribution in [2.24, 2.45) is 0 Å². The number of carbonyl (C=O) groups is 2. The lowest BCUT2D eigenvalue weighted by atomic mass is 10.1. The number of aliphatic hydroxyl groups excluding tert-OH is 1. The molecule has 0 aliphatic rings. The van der Waals surface area contributed by atoms with Gasteiger partial charge in [-0.2, -0.15) is 5.26 Å². The number of hydrogen-bond donors (Lipinski definition) is 5. The van der Waals surface area contributed by atoms with Gasteiger partial charge in [0.1, 0.15) is 17.9 Å². The van der Waals surface area contributed by atoms with Gasteiger partial charge >= 0.3 is 0 Å². The number of halogens is 1. The fraction of sp³-hybridized carbons (Fsp3) is 0.211. The summed E-state index contributed by atoms with van der Waals surface area (Å²) in [5.41, 5.74) is 5.90. The Bertz CT molecular complexity index is 940. The molecule has 0 bridgehead atoms. The number of phenolic OH excluding ortho intramolecular Hbond substituents is 1. The molecule has 2 aromatic rings. The van der Waals surface area contributed by atoms with Gasteiger partial charge in [0.2, 0.25) is 0 Å². The summed E-state index contributed by atoms with van der Waals surface area (Å²) in [5, 5.41) is 31.5. The minimum absolute atomic E-state index is 0.0873. The van der Waals surface area contributed by atoms with Gasteiger partial charge in [0.25, 0.3) is 11.8 Å². The second kappa shape index (κ2) is 9.08. The summed E-state index contributed by atoms with van der Waals surface area (Å²) in [5.74, 6) is -1.41. The SMILES string of the molecule is Cc1c(N[C@@H](C(=O)NNC(=O)c2cccc(O)c2)[C@H](C)O)ccc(C#N)c1Cl. The molecule has 0 saturated carbocycles. The molecule has 0 unspecified atom stereocenters. The van der Waals surface area contributed by atoms with Crippen molar-refractivity contribution >= 4 is 29.1 Å². The van der Waals surface area contributed by atoms with Gasteiger partial charge in [0.15, 0.2) is 0 Å². The molecule has 0 heterocycles. The average molecular weight is 403 g/mol. The van der Waals surface area contributed by atoms with E-state index in [4.69, 9.17) is 16.9 Å². The first-order chi connectivity index (χ1) is 13.2. The molecule has 9 heteroatoms. The summed E-state index contributed by atoms with van der Waals surface area (Å²) in [4.78, 5) is 24.5. The van der Waals surface area contributed by atoms with Crippen LogP contribution in [-0.4, -0.2) is 34.2 Å². The highest BCUT2D eigenvalue weighted by molar-refractivity contribution is 6.32. The first-order valence-electron chi connectivity index (χ1n) is 8.27. The highest BCUT2D eigenvalue weighted by atomic mass is 35.5. The van der Waals surface area contributed by atoms with E-state index in [2.05, 4.69) is 16.2 Å². The molecule has 2 rings (SSSR count). The molecule has 146 valence electrons. The molecule has 0 spiro atoms. The fourth-order valence-electron chi connectivity index (χ4n) is 2.42. The second-order valence-electron chi connectivity index (χ2n) is 6.07. The first kappa shape index (κ1) is 21.0. The van der Waals surface area contributed by atoms with E-state index in [-0.39, 0.29) is 16.3 Å². The number of rotatable bonds is 5. The predicted octanol–water partition coefficient (Wildman–Crippen LogP) is 1.85. The summed E-state index contributed by atoms with van der Waals surface area (Å²) in [6.07, 6.45) is -1.11. The third-order valence-corrected chi connectivity index (χ3v) is 4.48. The maximum atomic E-state index is 12.4. The van der Waals surface area contributed by atoms with Crippen molar-refractivity contribution in [3.8, 4) is 11.8 Å². The maximum Gasteiger partial charge on any atom is 0.269 e. The molecule has 0 aliphatic carbocycles. The maximum absolute atomic E-state index is 12.4. The van der Waals surface area contributed by atoms with Gasteiger partial charge in [-0.05, 0) is 49.7 Å². The Hall–Kier alpha value is -3.28. The number of hydrazine groups is 1. The lowest BCUT2D eigenvalue weighted by Crippen LogP contribution is -2.52. The zero-order valence-electron chi connectivity index (χ0n) is 15.2. The quantitative estimate of drug-likeness (QED) is 0.484. The van der Waals surface area contributed by atoms with Gasteiger partial charge in [-0.15, -0.1) is 0 Å². The number of aliphatic hydroxyl groups is 1. The zero-order valence-corrected chi connectivity index (χ0v) is 15.9. The Balaban J connectivity index is 2.09. The largest absolute Gasteiger partial charge is 0.508 e. The van der Waals surface area contributed by atoms with Crippen molar-refractivity contribution in [1.29, 1.82) is 5.26 Å². The Morgan fingerprint density at radius 2 is 1.93 bits per heavy atom. The number of anilines is 1. The van der Waals surface area contributed by atoms with Gasteiger partial charge in [-0.3, -0.25) is 20.4 Å². The van der Waals surface area contributed by atoms with Gasteiger partial charge in [-0.25, -0.2) is 0 Å². The molecule has 2 atom stereocenters. The van der Waals surface area contributed by atoms with Crippen molar-refractivity contribution in [1.82, 2.24) is 10.9 Å². The van der Waals surface area contributed by atoms with E-state index in [1.54, 1.807) is 13.0 Å². The van der Waals surface area contributed by atoms with E-state index < -0.39 is 24.0 Å². The lowest BCUT2D eigenvalue weighted by molar-refractivity contribution is -0.124. The number of nitrogens with one attached hydrogen (secondary N) is 3. The highest BCUT2D eigenvalue weighted by Crippen LogP contribution is 2.27. The Morgan fingerprint density at radius 1 is 1.21 bits per heavy atom. The molecular formula is C19H19ClN4O4. The van der Waals surface area contributed by atoms with Crippen molar-refractivity contribution < 1.29 is 19.8 Å². The first-order valence-corrected chi connectivity index (χ1v) is 8.65. The van der Waals surface area contributed by atoms with Crippen molar-refractivity contribution in [2.75, 3.05) is 5.32 Å². The van der Waals surface area contributed by atoms with Crippen LogP contribution in [-0.2, 0) is 4.79 Å². The molecule has 0 saturated heterocycles. The summed E-state index contributed by atoms with van der Waals surface area (Å²) in [6.45, 7) is 3.08. The van der Waals surface area contributed by atoms with Crippen molar-refractivity contribution in [2.45, 2.75) is 26.0 Å². The van der Waals surface area contributed by atoms with E-state index in [1.165, 1.54) is 37.3 Å². The number of nitriles is 1. The third kappa shape index (κ3) is 4.91.